The van der Waals surface area contributed by atoms with Crippen molar-refractivity contribution >= 4 is 23.4 Å². The molecule has 1 aromatic heterocycles. The summed E-state index contributed by atoms with van der Waals surface area (Å²) in [5, 5.41) is 6.20. The van der Waals surface area contributed by atoms with E-state index in [1.54, 1.807) is 43.6 Å². The number of esters is 1. The highest BCUT2D eigenvalue weighted by Gasteiger charge is 2.05. The number of carbonyl (C=O) groups is 1. The van der Waals surface area contributed by atoms with Crippen LogP contribution in [0.15, 0.2) is 36.5 Å². The van der Waals surface area contributed by atoms with E-state index < -0.39 is 0 Å². The van der Waals surface area contributed by atoms with Crippen LogP contribution in [0.2, 0.25) is 0 Å². The Morgan fingerprint density at radius 3 is 2.64 bits per heavy atom. The molecule has 116 valence electrons. The minimum Gasteiger partial charge on any atom is -0.465 e. The summed E-state index contributed by atoms with van der Waals surface area (Å²) < 4.78 is 9.62. The monoisotopic (exact) mass is 302 g/mol. The van der Waals surface area contributed by atoms with Crippen LogP contribution in [0.3, 0.4) is 0 Å². The van der Waals surface area contributed by atoms with Gasteiger partial charge in [0.1, 0.15) is 5.82 Å². The second-order valence-corrected chi connectivity index (χ2v) is 4.38. The largest absolute Gasteiger partial charge is 0.465 e. The van der Waals surface area contributed by atoms with E-state index in [0.717, 1.165) is 5.69 Å². The number of carbonyl (C=O) groups excluding carboxylic acids is 1. The second kappa shape index (κ2) is 7.94. The Bertz CT molecular complexity index is 616. The molecule has 0 spiro atoms. The molecule has 0 amide bonds. The van der Waals surface area contributed by atoms with Crippen LogP contribution in [-0.2, 0) is 9.47 Å². The number of rotatable bonds is 7. The van der Waals surface area contributed by atoms with Crippen molar-refractivity contribution in [2.45, 2.75) is 0 Å². The van der Waals surface area contributed by atoms with E-state index in [0.29, 0.717) is 30.5 Å². The zero-order chi connectivity index (χ0) is 15.8. The maximum Gasteiger partial charge on any atom is 0.337 e. The number of benzene rings is 1. The molecule has 0 radical (unpaired) electrons. The fourth-order valence-electron chi connectivity index (χ4n) is 1.73. The highest BCUT2D eigenvalue weighted by Crippen LogP contribution is 2.16. The highest BCUT2D eigenvalue weighted by atomic mass is 16.5. The van der Waals surface area contributed by atoms with Gasteiger partial charge >= 0.3 is 5.97 Å². The van der Waals surface area contributed by atoms with Crippen molar-refractivity contribution < 1.29 is 14.3 Å². The number of hydrogen-bond donors (Lipinski definition) is 2. The van der Waals surface area contributed by atoms with Gasteiger partial charge in [0, 0.05) is 25.5 Å². The third-order valence-corrected chi connectivity index (χ3v) is 2.82. The Morgan fingerprint density at radius 1 is 1.18 bits per heavy atom. The van der Waals surface area contributed by atoms with Crippen molar-refractivity contribution in [2.75, 3.05) is 38.0 Å². The van der Waals surface area contributed by atoms with Crippen LogP contribution in [0.25, 0.3) is 0 Å². The van der Waals surface area contributed by atoms with E-state index >= 15 is 0 Å². The van der Waals surface area contributed by atoms with Gasteiger partial charge in [0.05, 0.1) is 19.3 Å². The molecule has 7 heteroatoms. The number of nitrogens with zero attached hydrogens (tertiary/aromatic N) is 2. The summed E-state index contributed by atoms with van der Waals surface area (Å²) in [6, 6.07) is 8.70. The van der Waals surface area contributed by atoms with Crippen molar-refractivity contribution in [3.63, 3.8) is 0 Å². The van der Waals surface area contributed by atoms with E-state index in [1.165, 1.54) is 7.11 Å². The summed E-state index contributed by atoms with van der Waals surface area (Å²) in [5.41, 5.74) is 1.31. The molecule has 2 rings (SSSR count). The molecular weight excluding hydrogens is 284 g/mol. The number of methoxy groups -OCH3 is 2. The Morgan fingerprint density at radius 2 is 1.95 bits per heavy atom. The summed E-state index contributed by atoms with van der Waals surface area (Å²) in [6.45, 7) is 1.21. The van der Waals surface area contributed by atoms with Gasteiger partial charge in [-0.3, -0.25) is 0 Å². The van der Waals surface area contributed by atoms with E-state index in [4.69, 9.17) is 4.74 Å². The summed E-state index contributed by atoms with van der Waals surface area (Å²) in [6.07, 6.45) is 1.66. The smallest absolute Gasteiger partial charge is 0.337 e. The lowest BCUT2D eigenvalue weighted by atomic mass is 10.2. The molecular formula is C15H18N4O3. The van der Waals surface area contributed by atoms with E-state index in [2.05, 4.69) is 25.3 Å². The Kier molecular flexibility index (Phi) is 5.67. The molecule has 0 saturated heterocycles. The van der Waals surface area contributed by atoms with Gasteiger partial charge in [0.2, 0.25) is 5.95 Å². The topological polar surface area (TPSA) is 85.4 Å². The molecule has 1 aromatic carbocycles. The lowest BCUT2D eigenvalue weighted by Crippen LogP contribution is -2.10. The molecule has 0 bridgehead atoms. The normalized spacial score (nSPS) is 10.1. The van der Waals surface area contributed by atoms with Crippen molar-refractivity contribution in [3.05, 3.63) is 42.1 Å². The van der Waals surface area contributed by atoms with Gasteiger partial charge in [-0.1, -0.05) is 0 Å². The van der Waals surface area contributed by atoms with Crippen molar-refractivity contribution in [1.29, 1.82) is 0 Å². The van der Waals surface area contributed by atoms with Crippen molar-refractivity contribution in [1.82, 2.24) is 9.97 Å². The first-order valence-electron chi connectivity index (χ1n) is 6.74. The zero-order valence-corrected chi connectivity index (χ0v) is 12.5. The van der Waals surface area contributed by atoms with Crippen molar-refractivity contribution in [2.24, 2.45) is 0 Å². The number of nitrogens with one attached hydrogen (secondary N) is 2. The first-order chi connectivity index (χ1) is 10.7. The Labute approximate surface area is 128 Å². The summed E-state index contributed by atoms with van der Waals surface area (Å²) in [5.74, 6) is 0.812. The molecule has 0 fully saturated rings. The van der Waals surface area contributed by atoms with E-state index in [-0.39, 0.29) is 5.97 Å². The average molecular weight is 302 g/mol. The highest BCUT2D eigenvalue weighted by molar-refractivity contribution is 5.89. The molecule has 0 aliphatic rings. The van der Waals surface area contributed by atoms with Gasteiger partial charge in [-0.15, -0.1) is 0 Å². The number of ether oxygens (including phenoxy) is 2. The fourth-order valence-corrected chi connectivity index (χ4v) is 1.73. The third kappa shape index (κ3) is 4.42. The summed E-state index contributed by atoms with van der Waals surface area (Å²) in [4.78, 5) is 19.8. The Hall–Kier alpha value is -2.67. The lowest BCUT2D eigenvalue weighted by molar-refractivity contribution is 0.0601. The van der Waals surface area contributed by atoms with E-state index in [9.17, 15) is 4.79 Å². The lowest BCUT2D eigenvalue weighted by Gasteiger charge is -2.08. The molecule has 1 heterocycles. The maximum atomic E-state index is 11.4. The van der Waals surface area contributed by atoms with Crippen molar-refractivity contribution in [3.8, 4) is 0 Å². The maximum absolute atomic E-state index is 11.4. The quantitative estimate of drug-likeness (QED) is 0.598. The molecule has 2 N–H and O–H groups in total. The SMILES string of the molecule is COCCNc1nccc(Nc2ccc(C(=O)OC)cc2)n1. The molecule has 0 aliphatic carbocycles. The van der Waals surface area contributed by atoms with Gasteiger partial charge < -0.3 is 20.1 Å². The Balaban J connectivity index is 2.01. The molecule has 22 heavy (non-hydrogen) atoms. The fraction of sp³-hybridized carbons (Fsp3) is 0.267. The molecule has 7 nitrogen and oxygen atoms in total. The van der Waals surface area contributed by atoms with Gasteiger partial charge in [0.15, 0.2) is 0 Å². The van der Waals surface area contributed by atoms with Crippen LogP contribution in [0.1, 0.15) is 10.4 Å². The standard InChI is InChI=1S/C15H18N4O3/c1-21-10-9-17-15-16-8-7-13(19-15)18-12-5-3-11(4-6-12)14(20)22-2/h3-8H,9-10H2,1-2H3,(H2,16,17,18,19). The first-order valence-corrected chi connectivity index (χ1v) is 6.74. The van der Waals surface area contributed by atoms with Crippen LogP contribution < -0.4 is 10.6 Å². The van der Waals surface area contributed by atoms with Gasteiger partial charge in [-0.25, -0.2) is 9.78 Å². The van der Waals surface area contributed by atoms with Crippen LogP contribution in [0.4, 0.5) is 17.5 Å². The summed E-state index contributed by atoms with van der Waals surface area (Å²) in [7, 11) is 2.99. The molecule has 0 atom stereocenters. The number of anilines is 3. The van der Waals surface area contributed by atoms with E-state index in [1.807, 2.05) is 0 Å². The molecule has 0 unspecified atom stereocenters. The van der Waals surface area contributed by atoms with Crippen LogP contribution >= 0.6 is 0 Å². The van der Waals surface area contributed by atoms with Gasteiger partial charge in [0.25, 0.3) is 0 Å². The summed E-state index contributed by atoms with van der Waals surface area (Å²) >= 11 is 0. The van der Waals surface area contributed by atoms with Crippen LogP contribution in [-0.4, -0.2) is 43.3 Å². The van der Waals surface area contributed by atoms with Crippen LogP contribution in [0, 0.1) is 0 Å². The molecule has 0 saturated carbocycles. The van der Waals surface area contributed by atoms with Gasteiger partial charge in [-0.2, -0.15) is 4.98 Å². The number of aromatic nitrogens is 2. The first kappa shape index (κ1) is 15.7. The number of hydrogen-bond acceptors (Lipinski definition) is 7. The zero-order valence-electron chi connectivity index (χ0n) is 12.5. The molecule has 2 aromatic rings. The molecule has 0 aliphatic heterocycles. The average Bonchev–Trinajstić information content (AvgIpc) is 2.55. The second-order valence-electron chi connectivity index (χ2n) is 4.38. The predicted molar refractivity (Wildman–Crippen MR) is 83.5 cm³/mol. The minimum absolute atomic E-state index is 0.363. The predicted octanol–water partition coefficient (Wildman–Crippen LogP) is 2.07. The van der Waals surface area contributed by atoms with Gasteiger partial charge in [-0.05, 0) is 30.3 Å². The minimum atomic E-state index is -0.363. The third-order valence-electron chi connectivity index (χ3n) is 2.82. The van der Waals surface area contributed by atoms with Crippen LogP contribution in [0.5, 0.6) is 0 Å².